The van der Waals surface area contributed by atoms with Gasteiger partial charge in [-0.25, -0.2) is 9.78 Å². The van der Waals surface area contributed by atoms with Crippen LogP contribution in [0.15, 0.2) is 35.1 Å². The molecular weight excluding hydrogens is 368 g/mol. The molecule has 2 aromatic heterocycles. The Hall–Kier alpha value is -3.13. The van der Waals surface area contributed by atoms with Crippen LogP contribution in [0, 0.1) is 6.92 Å². The molecular formula is C18H17ClN6O2. The number of carbonyl (C=O) groups excluding carboxylic acids is 1. The summed E-state index contributed by atoms with van der Waals surface area (Å²) >= 11 is 5.93. The van der Waals surface area contributed by atoms with Crippen molar-refractivity contribution in [3.63, 3.8) is 0 Å². The number of hydrogen-bond acceptors (Lipinski definition) is 4. The Bertz CT molecular complexity index is 1090. The lowest BCUT2D eigenvalue weighted by atomic mass is 10.3. The highest BCUT2D eigenvalue weighted by Gasteiger charge is 2.20. The van der Waals surface area contributed by atoms with Crippen molar-refractivity contribution in [3.05, 3.63) is 62.7 Å². The number of hydrogen-bond donors (Lipinski definition) is 3. The molecule has 0 saturated carbocycles. The minimum atomic E-state index is -0.457. The molecule has 2 amide bonds. The van der Waals surface area contributed by atoms with E-state index in [1.54, 1.807) is 37.3 Å². The first-order valence-corrected chi connectivity index (χ1v) is 8.90. The van der Waals surface area contributed by atoms with E-state index < -0.39 is 6.03 Å². The number of aryl methyl sites for hydroxylation is 2. The van der Waals surface area contributed by atoms with Gasteiger partial charge in [0, 0.05) is 22.3 Å². The molecule has 3 aromatic rings. The number of amides is 2. The van der Waals surface area contributed by atoms with Crippen LogP contribution in [0.4, 0.5) is 16.3 Å². The normalized spacial score (nSPS) is 12.7. The van der Waals surface area contributed by atoms with E-state index in [9.17, 15) is 9.59 Å². The summed E-state index contributed by atoms with van der Waals surface area (Å²) in [5, 5.41) is 10.3. The van der Waals surface area contributed by atoms with Crippen LogP contribution in [-0.2, 0) is 12.8 Å². The monoisotopic (exact) mass is 384 g/mol. The SMILES string of the molecule is Cc1cc(NC(=O)Nc2cccc(Cl)c2)n(-c2nc3c(c(=O)[nH]2)CCC3)n1. The second-order valence-corrected chi connectivity index (χ2v) is 6.78. The summed E-state index contributed by atoms with van der Waals surface area (Å²) in [6.07, 6.45) is 2.42. The van der Waals surface area contributed by atoms with Crippen LogP contribution in [0.5, 0.6) is 0 Å². The number of rotatable bonds is 3. The molecule has 1 aromatic carbocycles. The topological polar surface area (TPSA) is 105 Å². The molecule has 9 heteroatoms. The molecule has 1 aliphatic carbocycles. The van der Waals surface area contributed by atoms with Crippen molar-refractivity contribution < 1.29 is 4.79 Å². The maximum Gasteiger partial charge on any atom is 0.324 e. The van der Waals surface area contributed by atoms with E-state index in [1.807, 2.05) is 0 Å². The Kier molecular flexibility index (Phi) is 4.41. The van der Waals surface area contributed by atoms with Gasteiger partial charge in [-0.1, -0.05) is 17.7 Å². The minimum Gasteiger partial charge on any atom is -0.308 e. The molecule has 0 saturated heterocycles. The zero-order valence-electron chi connectivity index (χ0n) is 14.5. The average molecular weight is 385 g/mol. The summed E-state index contributed by atoms with van der Waals surface area (Å²) in [5.74, 6) is 0.680. The number of carbonyl (C=O) groups is 1. The molecule has 1 aliphatic rings. The summed E-state index contributed by atoms with van der Waals surface area (Å²) in [7, 11) is 0. The maximum absolute atomic E-state index is 12.3. The standard InChI is InChI=1S/C18H17ClN6O2/c1-10-8-15(22-18(27)20-12-5-2-4-11(19)9-12)25(24-10)17-21-14-7-3-6-13(14)16(26)23-17/h2,4-5,8-9H,3,6-7H2,1H3,(H2,20,22,27)(H,21,23,26). The van der Waals surface area contributed by atoms with Gasteiger partial charge < -0.3 is 5.32 Å². The van der Waals surface area contributed by atoms with Gasteiger partial charge in [-0.15, -0.1) is 0 Å². The van der Waals surface area contributed by atoms with Gasteiger partial charge in [0.15, 0.2) is 0 Å². The summed E-state index contributed by atoms with van der Waals surface area (Å²) in [6, 6.07) is 8.08. The molecule has 3 N–H and O–H groups in total. The van der Waals surface area contributed by atoms with Gasteiger partial charge in [-0.05, 0) is 44.4 Å². The van der Waals surface area contributed by atoms with Crippen LogP contribution in [0.1, 0.15) is 23.4 Å². The molecule has 8 nitrogen and oxygen atoms in total. The maximum atomic E-state index is 12.3. The molecule has 0 radical (unpaired) electrons. The van der Waals surface area contributed by atoms with Gasteiger partial charge in [0.1, 0.15) is 5.82 Å². The first kappa shape index (κ1) is 17.3. The third-order valence-corrected chi connectivity index (χ3v) is 4.52. The average Bonchev–Trinajstić information content (AvgIpc) is 3.21. The first-order chi connectivity index (χ1) is 13.0. The molecule has 2 heterocycles. The van der Waals surface area contributed by atoms with E-state index in [1.165, 1.54) is 4.68 Å². The van der Waals surface area contributed by atoms with Crippen LogP contribution in [0.2, 0.25) is 5.02 Å². The van der Waals surface area contributed by atoms with Crippen molar-refractivity contribution in [2.45, 2.75) is 26.2 Å². The zero-order chi connectivity index (χ0) is 19.0. The van der Waals surface area contributed by atoms with Crippen LogP contribution in [0.25, 0.3) is 5.95 Å². The third kappa shape index (κ3) is 3.56. The molecule has 0 aliphatic heterocycles. The Labute approximate surface area is 159 Å². The second-order valence-electron chi connectivity index (χ2n) is 6.34. The predicted molar refractivity (Wildman–Crippen MR) is 103 cm³/mol. The lowest BCUT2D eigenvalue weighted by molar-refractivity contribution is 0.262. The van der Waals surface area contributed by atoms with Crippen LogP contribution >= 0.6 is 11.6 Å². The fourth-order valence-electron chi connectivity index (χ4n) is 3.12. The van der Waals surface area contributed by atoms with Gasteiger partial charge >= 0.3 is 6.03 Å². The molecule has 0 fully saturated rings. The second kappa shape index (κ2) is 6.88. The summed E-state index contributed by atoms with van der Waals surface area (Å²) in [4.78, 5) is 31.9. The lowest BCUT2D eigenvalue weighted by Gasteiger charge is -2.10. The van der Waals surface area contributed by atoms with Gasteiger partial charge in [0.05, 0.1) is 11.4 Å². The fraction of sp³-hybridized carbons (Fsp3) is 0.222. The van der Waals surface area contributed by atoms with E-state index in [0.717, 1.165) is 30.5 Å². The highest BCUT2D eigenvalue weighted by molar-refractivity contribution is 6.30. The molecule has 0 unspecified atom stereocenters. The number of H-pyrrole nitrogens is 1. The van der Waals surface area contributed by atoms with E-state index in [2.05, 4.69) is 25.7 Å². The lowest BCUT2D eigenvalue weighted by Crippen LogP contribution is -2.23. The summed E-state index contributed by atoms with van der Waals surface area (Å²) < 4.78 is 1.42. The zero-order valence-corrected chi connectivity index (χ0v) is 15.3. The number of halogens is 1. The number of benzene rings is 1. The van der Waals surface area contributed by atoms with E-state index in [4.69, 9.17) is 11.6 Å². The van der Waals surface area contributed by atoms with Gasteiger partial charge in [-0.3, -0.25) is 15.1 Å². The predicted octanol–water partition coefficient (Wildman–Crippen LogP) is 3.05. The smallest absolute Gasteiger partial charge is 0.308 e. The Morgan fingerprint density at radius 3 is 2.93 bits per heavy atom. The van der Waals surface area contributed by atoms with Crippen molar-refractivity contribution in [3.8, 4) is 5.95 Å². The fourth-order valence-corrected chi connectivity index (χ4v) is 3.31. The van der Waals surface area contributed by atoms with Crippen molar-refractivity contribution in [1.29, 1.82) is 0 Å². The number of aromatic nitrogens is 4. The largest absolute Gasteiger partial charge is 0.324 e. The summed E-state index contributed by atoms with van der Waals surface area (Å²) in [5.41, 5.74) is 2.60. The number of fused-ring (bicyclic) bond motifs is 1. The van der Waals surface area contributed by atoms with E-state index >= 15 is 0 Å². The van der Waals surface area contributed by atoms with Crippen LogP contribution < -0.4 is 16.2 Å². The Balaban J connectivity index is 1.61. The minimum absolute atomic E-state index is 0.157. The molecule has 4 rings (SSSR count). The van der Waals surface area contributed by atoms with Crippen molar-refractivity contribution in [1.82, 2.24) is 19.7 Å². The van der Waals surface area contributed by atoms with E-state index in [-0.39, 0.29) is 11.5 Å². The van der Waals surface area contributed by atoms with Gasteiger partial charge in [0.25, 0.3) is 5.56 Å². The summed E-state index contributed by atoms with van der Waals surface area (Å²) in [6.45, 7) is 1.79. The van der Waals surface area contributed by atoms with Gasteiger partial charge in [-0.2, -0.15) is 9.78 Å². The third-order valence-electron chi connectivity index (χ3n) is 4.29. The van der Waals surface area contributed by atoms with Crippen LogP contribution in [-0.4, -0.2) is 25.8 Å². The number of nitrogens with one attached hydrogen (secondary N) is 3. The number of aromatic amines is 1. The molecule has 0 atom stereocenters. The van der Waals surface area contributed by atoms with Crippen LogP contribution in [0.3, 0.4) is 0 Å². The number of nitrogens with zero attached hydrogens (tertiary/aromatic N) is 3. The Morgan fingerprint density at radius 2 is 2.11 bits per heavy atom. The van der Waals surface area contributed by atoms with Crippen molar-refractivity contribution in [2.24, 2.45) is 0 Å². The molecule has 0 spiro atoms. The van der Waals surface area contributed by atoms with Crippen molar-refractivity contribution in [2.75, 3.05) is 10.6 Å². The molecule has 0 bridgehead atoms. The molecule has 138 valence electrons. The quantitative estimate of drug-likeness (QED) is 0.645. The van der Waals surface area contributed by atoms with Gasteiger partial charge in [0.2, 0.25) is 5.95 Å². The van der Waals surface area contributed by atoms with Crippen molar-refractivity contribution >= 4 is 29.1 Å². The highest BCUT2D eigenvalue weighted by atomic mass is 35.5. The van der Waals surface area contributed by atoms with E-state index in [0.29, 0.717) is 22.2 Å². The first-order valence-electron chi connectivity index (χ1n) is 8.52. The number of urea groups is 1. The Morgan fingerprint density at radius 1 is 1.26 bits per heavy atom. The molecule has 27 heavy (non-hydrogen) atoms. The number of anilines is 2. The highest BCUT2D eigenvalue weighted by Crippen LogP contribution is 2.20.